The number of aryl methyl sites for hydroxylation is 2. The number of benzene rings is 3. The van der Waals surface area contributed by atoms with Crippen molar-refractivity contribution < 1.29 is 4.57 Å². The lowest BCUT2D eigenvalue weighted by Gasteiger charge is -2.25. The zero-order chi connectivity index (χ0) is 28.9. The van der Waals surface area contributed by atoms with E-state index >= 15 is 0 Å². The van der Waals surface area contributed by atoms with Gasteiger partial charge in [0.25, 0.3) is 0 Å². The molecule has 0 amide bonds. The van der Waals surface area contributed by atoms with E-state index in [-0.39, 0.29) is 10.8 Å². The van der Waals surface area contributed by atoms with E-state index in [2.05, 4.69) is 133 Å². The van der Waals surface area contributed by atoms with Crippen molar-refractivity contribution in [3.05, 3.63) is 89.1 Å². The predicted molar refractivity (Wildman–Crippen MR) is 168 cm³/mol. The van der Waals surface area contributed by atoms with Crippen molar-refractivity contribution in [2.75, 3.05) is 0 Å². The first kappa shape index (κ1) is 28.1. The fourth-order valence-corrected chi connectivity index (χ4v) is 6.78. The van der Waals surface area contributed by atoms with Crippen molar-refractivity contribution in [1.29, 1.82) is 5.26 Å². The molecular formula is C38H45N2+. The smallest absolute Gasteiger partial charge is 0.201 e. The highest BCUT2D eigenvalue weighted by Gasteiger charge is 2.40. The molecule has 0 radical (unpaired) electrons. The van der Waals surface area contributed by atoms with Crippen LogP contribution in [0.3, 0.4) is 0 Å². The zero-order valence-electron chi connectivity index (χ0n) is 25.8. The van der Waals surface area contributed by atoms with Crippen molar-refractivity contribution in [1.82, 2.24) is 0 Å². The second-order valence-electron chi connectivity index (χ2n) is 14.3. The Hall–Kier alpha value is -3.44. The molecule has 0 N–H and O–H groups in total. The molecular weight excluding hydrogens is 484 g/mol. The molecule has 0 atom stereocenters. The second kappa shape index (κ2) is 10.2. The van der Waals surface area contributed by atoms with Gasteiger partial charge < -0.3 is 0 Å². The lowest BCUT2D eigenvalue weighted by molar-refractivity contribution is -0.660. The molecule has 206 valence electrons. The highest BCUT2D eigenvalue weighted by Crippen LogP contribution is 2.45. The van der Waals surface area contributed by atoms with Gasteiger partial charge in [0.05, 0.1) is 11.5 Å². The minimum absolute atomic E-state index is 0.0149. The van der Waals surface area contributed by atoms with Crippen molar-refractivity contribution >= 4 is 10.8 Å². The van der Waals surface area contributed by atoms with Gasteiger partial charge in [-0.25, -0.2) is 4.57 Å². The number of nitrogens with zero attached hydrogens (tertiary/aromatic N) is 2. The van der Waals surface area contributed by atoms with Crippen LogP contribution in [-0.4, -0.2) is 0 Å². The molecule has 3 aromatic carbocycles. The molecule has 1 aliphatic carbocycles. The first-order chi connectivity index (χ1) is 18.8. The molecule has 1 fully saturated rings. The van der Waals surface area contributed by atoms with Gasteiger partial charge in [0.1, 0.15) is 7.05 Å². The lowest BCUT2D eigenvalue weighted by atomic mass is 9.76. The van der Waals surface area contributed by atoms with Crippen molar-refractivity contribution in [3.63, 3.8) is 0 Å². The maximum Gasteiger partial charge on any atom is 0.213 e. The van der Waals surface area contributed by atoms with Crippen LogP contribution >= 0.6 is 0 Å². The molecule has 0 bridgehead atoms. The summed E-state index contributed by atoms with van der Waals surface area (Å²) in [4.78, 5) is 0. The summed E-state index contributed by atoms with van der Waals surface area (Å²) < 4.78 is 2.27. The van der Waals surface area contributed by atoms with Gasteiger partial charge in [-0.1, -0.05) is 103 Å². The normalized spacial score (nSPS) is 15.4. The van der Waals surface area contributed by atoms with Crippen LogP contribution in [0.15, 0.2) is 66.9 Å². The standard InChI is InChI=1S/C38H45N2/c1-26-29-13-9-10-14-30(29)33(37(5,6)7)21-31(26)35-22-32(28-17-15-27(16-18-28)23-36(2,3)4)34(24-40(35)8)38(25-39)19-11-12-20-38/h9-10,13-18,21-22,24H,11-12,19-20,23H2,1-8H3/q+1. The van der Waals surface area contributed by atoms with Crippen LogP contribution < -0.4 is 4.57 Å². The third-order valence-electron chi connectivity index (χ3n) is 8.86. The summed E-state index contributed by atoms with van der Waals surface area (Å²) in [7, 11) is 2.15. The highest BCUT2D eigenvalue weighted by molar-refractivity contribution is 5.94. The largest absolute Gasteiger partial charge is 0.213 e. The molecule has 4 aromatic rings. The number of nitriles is 1. The van der Waals surface area contributed by atoms with Crippen LogP contribution in [0.1, 0.15) is 89.5 Å². The Morgan fingerprint density at radius 3 is 2.05 bits per heavy atom. The van der Waals surface area contributed by atoms with E-state index < -0.39 is 5.41 Å². The number of hydrogen-bond donors (Lipinski definition) is 0. The lowest BCUT2D eigenvalue weighted by Crippen LogP contribution is -2.35. The molecule has 0 saturated heterocycles. The minimum Gasteiger partial charge on any atom is -0.201 e. The maximum absolute atomic E-state index is 10.5. The van der Waals surface area contributed by atoms with Gasteiger partial charge in [-0.3, -0.25) is 0 Å². The first-order valence-corrected chi connectivity index (χ1v) is 14.9. The van der Waals surface area contributed by atoms with Gasteiger partial charge in [0, 0.05) is 17.2 Å². The van der Waals surface area contributed by atoms with E-state index in [0.717, 1.165) is 32.1 Å². The van der Waals surface area contributed by atoms with E-state index in [1.54, 1.807) is 0 Å². The molecule has 0 unspecified atom stereocenters. The average molecular weight is 530 g/mol. The van der Waals surface area contributed by atoms with Crippen LogP contribution in [0.2, 0.25) is 0 Å². The SMILES string of the molecule is Cc1c(-c2cc(-c3ccc(CC(C)(C)C)cc3)c(C3(C#N)CCCC3)c[n+]2C)cc(C(C)(C)C)c2ccccc12. The van der Waals surface area contributed by atoms with Gasteiger partial charge >= 0.3 is 0 Å². The summed E-state index contributed by atoms with van der Waals surface area (Å²) in [6.07, 6.45) is 7.41. The fourth-order valence-electron chi connectivity index (χ4n) is 6.78. The molecule has 1 saturated carbocycles. The Morgan fingerprint density at radius 1 is 0.850 bits per heavy atom. The summed E-state index contributed by atoms with van der Waals surface area (Å²) in [6.45, 7) is 16.0. The van der Waals surface area contributed by atoms with Crippen molar-refractivity contribution in [3.8, 4) is 28.5 Å². The minimum atomic E-state index is -0.426. The van der Waals surface area contributed by atoms with Gasteiger partial charge in [0.2, 0.25) is 5.69 Å². The van der Waals surface area contributed by atoms with Gasteiger partial charge in [-0.05, 0) is 81.7 Å². The third kappa shape index (κ3) is 5.19. The van der Waals surface area contributed by atoms with Crippen molar-refractivity contribution in [2.45, 2.75) is 91.4 Å². The van der Waals surface area contributed by atoms with Crippen LogP contribution in [0, 0.1) is 23.7 Å². The Bertz CT molecular complexity index is 1600. The van der Waals surface area contributed by atoms with E-state index in [4.69, 9.17) is 0 Å². The van der Waals surface area contributed by atoms with Crippen LogP contribution in [0.5, 0.6) is 0 Å². The molecule has 1 aliphatic rings. The van der Waals surface area contributed by atoms with Crippen LogP contribution in [0.4, 0.5) is 0 Å². The highest BCUT2D eigenvalue weighted by atomic mass is 14.9. The van der Waals surface area contributed by atoms with E-state index in [1.807, 2.05) is 0 Å². The van der Waals surface area contributed by atoms with Gasteiger partial charge in [-0.15, -0.1) is 0 Å². The van der Waals surface area contributed by atoms with E-state index in [9.17, 15) is 5.26 Å². The molecule has 0 spiro atoms. The molecule has 0 aliphatic heterocycles. The summed E-state index contributed by atoms with van der Waals surface area (Å²) in [5.74, 6) is 0. The Kier molecular flexibility index (Phi) is 7.16. The number of pyridine rings is 1. The monoisotopic (exact) mass is 529 g/mol. The molecule has 2 nitrogen and oxygen atoms in total. The summed E-state index contributed by atoms with van der Waals surface area (Å²) in [6, 6.07) is 25.5. The number of rotatable bonds is 4. The van der Waals surface area contributed by atoms with Gasteiger partial charge in [0.15, 0.2) is 6.20 Å². The van der Waals surface area contributed by atoms with Crippen molar-refractivity contribution in [2.24, 2.45) is 12.5 Å². The molecule has 5 rings (SSSR count). The zero-order valence-corrected chi connectivity index (χ0v) is 25.8. The summed E-state index contributed by atoms with van der Waals surface area (Å²) >= 11 is 0. The number of hydrogen-bond acceptors (Lipinski definition) is 1. The topological polar surface area (TPSA) is 27.7 Å². The quantitative estimate of drug-likeness (QED) is 0.242. The Morgan fingerprint density at radius 2 is 1.48 bits per heavy atom. The van der Waals surface area contributed by atoms with Crippen LogP contribution in [-0.2, 0) is 24.3 Å². The molecule has 1 heterocycles. The van der Waals surface area contributed by atoms with E-state index in [0.29, 0.717) is 0 Å². The second-order valence-corrected chi connectivity index (χ2v) is 14.3. The molecule has 2 heteroatoms. The summed E-state index contributed by atoms with van der Waals surface area (Å²) in [5, 5.41) is 13.2. The maximum atomic E-state index is 10.5. The Balaban J connectivity index is 1.77. The Labute approximate surface area is 241 Å². The average Bonchev–Trinajstić information content (AvgIpc) is 3.38. The van der Waals surface area contributed by atoms with Gasteiger partial charge in [-0.2, -0.15) is 5.26 Å². The first-order valence-electron chi connectivity index (χ1n) is 14.9. The summed E-state index contributed by atoms with van der Waals surface area (Å²) in [5.41, 5.74) is 9.89. The fraction of sp³-hybridized carbons (Fsp3) is 0.421. The number of fused-ring (bicyclic) bond motifs is 1. The molecule has 40 heavy (non-hydrogen) atoms. The number of aromatic nitrogens is 1. The third-order valence-corrected chi connectivity index (χ3v) is 8.86. The predicted octanol–water partition coefficient (Wildman–Crippen LogP) is 9.53. The molecule has 1 aromatic heterocycles. The van der Waals surface area contributed by atoms with E-state index in [1.165, 1.54) is 55.4 Å². The van der Waals surface area contributed by atoms with Crippen LogP contribution in [0.25, 0.3) is 33.2 Å².